The highest BCUT2D eigenvalue weighted by Gasteiger charge is 2.25. The van der Waals surface area contributed by atoms with E-state index in [2.05, 4.69) is 10.6 Å². The highest BCUT2D eigenvalue weighted by atomic mass is 32.1. The van der Waals surface area contributed by atoms with E-state index in [-0.39, 0.29) is 24.8 Å². The van der Waals surface area contributed by atoms with Gasteiger partial charge >= 0.3 is 5.97 Å². The third kappa shape index (κ3) is 4.68. The quantitative estimate of drug-likeness (QED) is 0.700. The van der Waals surface area contributed by atoms with Crippen molar-refractivity contribution in [3.63, 3.8) is 0 Å². The van der Waals surface area contributed by atoms with Crippen LogP contribution in [0.15, 0.2) is 18.2 Å². The Bertz CT molecular complexity index is 968. The number of amides is 2. The third-order valence-electron chi connectivity index (χ3n) is 4.44. The van der Waals surface area contributed by atoms with Gasteiger partial charge in [-0.15, -0.1) is 11.3 Å². The smallest absolute Gasteiger partial charge is 0.342 e. The molecule has 1 aliphatic rings. The highest BCUT2D eigenvalue weighted by molar-refractivity contribution is 7.16. The standard InChI is InChI=1S/C20H22N2O6S/c1-10-12(3)29-19(22-13(4)23)17(10)20(25)28-11(2)18(24)21-8-14-5-6-15-16(7-14)27-9-26-15/h5-7,11H,8-9H2,1-4H3,(H,21,24)(H,22,23)/t11-/m1/s1. The largest absolute Gasteiger partial charge is 0.454 e. The molecule has 1 atom stereocenters. The van der Waals surface area contributed by atoms with E-state index in [0.717, 1.165) is 16.0 Å². The van der Waals surface area contributed by atoms with Crippen LogP contribution in [0.3, 0.4) is 0 Å². The number of rotatable bonds is 6. The molecule has 154 valence electrons. The van der Waals surface area contributed by atoms with Crippen LogP contribution < -0.4 is 20.1 Å². The van der Waals surface area contributed by atoms with Crippen molar-refractivity contribution < 1.29 is 28.6 Å². The van der Waals surface area contributed by atoms with Gasteiger partial charge in [0.25, 0.3) is 5.91 Å². The second-order valence-electron chi connectivity index (χ2n) is 6.62. The summed E-state index contributed by atoms with van der Waals surface area (Å²) in [6.07, 6.45) is -0.999. The van der Waals surface area contributed by atoms with Crippen LogP contribution >= 0.6 is 11.3 Å². The predicted octanol–water partition coefficient (Wildman–Crippen LogP) is 2.91. The number of fused-ring (bicyclic) bond motifs is 1. The third-order valence-corrected chi connectivity index (χ3v) is 5.56. The predicted molar refractivity (Wildman–Crippen MR) is 107 cm³/mol. The number of thiophene rings is 1. The van der Waals surface area contributed by atoms with Crippen LogP contribution in [0, 0.1) is 13.8 Å². The van der Waals surface area contributed by atoms with Crippen LogP contribution in [0.25, 0.3) is 0 Å². The van der Waals surface area contributed by atoms with Gasteiger partial charge in [0.1, 0.15) is 5.00 Å². The molecule has 3 rings (SSSR count). The van der Waals surface area contributed by atoms with E-state index in [1.165, 1.54) is 25.2 Å². The van der Waals surface area contributed by atoms with Gasteiger partial charge in [-0.25, -0.2) is 4.79 Å². The fourth-order valence-corrected chi connectivity index (χ4v) is 3.87. The molecule has 0 spiro atoms. The van der Waals surface area contributed by atoms with Crippen LogP contribution in [0.5, 0.6) is 11.5 Å². The maximum absolute atomic E-state index is 12.6. The Balaban J connectivity index is 1.61. The van der Waals surface area contributed by atoms with Crippen LogP contribution in [-0.4, -0.2) is 30.7 Å². The molecule has 1 aromatic heterocycles. The average molecular weight is 418 g/mol. The number of ether oxygens (including phenoxy) is 3. The van der Waals surface area contributed by atoms with Gasteiger partial charge in [-0.3, -0.25) is 9.59 Å². The second-order valence-corrected chi connectivity index (χ2v) is 7.85. The Morgan fingerprint density at radius 1 is 1.21 bits per heavy atom. The molecule has 0 saturated carbocycles. The first-order chi connectivity index (χ1) is 13.8. The number of nitrogens with one attached hydrogen (secondary N) is 2. The van der Waals surface area contributed by atoms with Crippen molar-refractivity contribution in [3.8, 4) is 11.5 Å². The molecule has 1 aromatic carbocycles. The summed E-state index contributed by atoms with van der Waals surface area (Å²) in [6.45, 7) is 6.93. The minimum absolute atomic E-state index is 0.181. The van der Waals surface area contributed by atoms with Crippen molar-refractivity contribution in [1.29, 1.82) is 0 Å². The average Bonchev–Trinajstić information content (AvgIpc) is 3.23. The lowest BCUT2D eigenvalue weighted by Gasteiger charge is -2.14. The lowest BCUT2D eigenvalue weighted by molar-refractivity contribution is -0.129. The number of benzene rings is 1. The van der Waals surface area contributed by atoms with Crippen molar-refractivity contribution >= 4 is 34.1 Å². The van der Waals surface area contributed by atoms with E-state index in [1.54, 1.807) is 19.1 Å². The molecule has 9 heteroatoms. The maximum atomic E-state index is 12.6. The first kappa shape index (κ1) is 20.7. The fraction of sp³-hybridized carbons (Fsp3) is 0.350. The lowest BCUT2D eigenvalue weighted by atomic mass is 10.1. The van der Waals surface area contributed by atoms with Gasteiger partial charge in [0.2, 0.25) is 12.7 Å². The van der Waals surface area contributed by atoms with Crippen molar-refractivity contribution in [2.75, 3.05) is 12.1 Å². The van der Waals surface area contributed by atoms with Crippen molar-refractivity contribution in [2.45, 2.75) is 40.3 Å². The van der Waals surface area contributed by atoms with Gasteiger partial charge in [-0.2, -0.15) is 0 Å². The summed E-state index contributed by atoms with van der Waals surface area (Å²) in [5.41, 5.74) is 1.83. The number of carbonyl (C=O) groups is 3. The number of carbonyl (C=O) groups excluding carboxylic acids is 3. The van der Waals surface area contributed by atoms with Crippen LogP contribution in [0.4, 0.5) is 5.00 Å². The SMILES string of the molecule is CC(=O)Nc1sc(C)c(C)c1C(=O)O[C@H](C)C(=O)NCc1ccc2c(c1)OCO2. The number of anilines is 1. The first-order valence-electron chi connectivity index (χ1n) is 9.01. The zero-order chi connectivity index (χ0) is 21.1. The first-order valence-corrected chi connectivity index (χ1v) is 9.82. The molecule has 8 nitrogen and oxygen atoms in total. The van der Waals surface area contributed by atoms with E-state index in [4.69, 9.17) is 14.2 Å². The Morgan fingerprint density at radius 2 is 1.93 bits per heavy atom. The fourth-order valence-electron chi connectivity index (χ4n) is 2.78. The topological polar surface area (TPSA) is 103 Å². The number of aryl methyl sites for hydroxylation is 1. The van der Waals surface area contributed by atoms with Gasteiger partial charge < -0.3 is 24.8 Å². The van der Waals surface area contributed by atoms with Crippen LogP contribution in [0.1, 0.15) is 40.2 Å². The zero-order valence-corrected chi connectivity index (χ0v) is 17.4. The van der Waals surface area contributed by atoms with Crippen molar-refractivity contribution in [3.05, 3.63) is 39.8 Å². The molecule has 2 amide bonds. The zero-order valence-electron chi connectivity index (χ0n) is 16.6. The van der Waals surface area contributed by atoms with E-state index in [9.17, 15) is 14.4 Å². The van der Waals surface area contributed by atoms with E-state index < -0.39 is 18.0 Å². The second kappa shape index (κ2) is 8.52. The lowest BCUT2D eigenvalue weighted by Crippen LogP contribution is -2.35. The summed E-state index contributed by atoms with van der Waals surface area (Å²) < 4.78 is 15.9. The van der Waals surface area contributed by atoms with Crippen molar-refractivity contribution in [2.24, 2.45) is 0 Å². The Labute approximate surface area is 172 Å². The molecular formula is C20H22N2O6S. The monoisotopic (exact) mass is 418 g/mol. The van der Waals surface area contributed by atoms with Gasteiger partial charge in [-0.05, 0) is 44.0 Å². The molecule has 0 saturated heterocycles. The van der Waals surface area contributed by atoms with Crippen molar-refractivity contribution in [1.82, 2.24) is 5.32 Å². The molecule has 0 aliphatic carbocycles. The summed E-state index contributed by atoms with van der Waals surface area (Å²) in [5.74, 6) is -0.0679. The molecule has 1 aliphatic heterocycles. The molecular weight excluding hydrogens is 396 g/mol. The normalized spacial score (nSPS) is 13.0. The molecule has 0 radical (unpaired) electrons. The highest BCUT2D eigenvalue weighted by Crippen LogP contribution is 2.34. The summed E-state index contributed by atoms with van der Waals surface area (Å²) in [6, 6.07) is 5.39. The molecule has 2 heterocycles. The molecule has 0 bridgehead atoms. The van der Waals surface area contributed by atoms with Crippen LogP contribution in [0.2, 0.25) is 0 Å². The van der Waals surface area contributed by atoms with E-state index >= 15 is 0 Å². The molecule has 2 N–H and O–H groups in total. The molecule has 0 fully saturated rings. The van der Waals surface area contributed by atoms with Crippen LogP contribution in [-0.2, 0) is 20.9 Å². The van der Waals surface area contributed by atoms with Gasteiger partial charge in [0.15, 0.2) is 17.6 Å². The number of hydrogen-bond acceptors (Lipinski definition) is 7. The Kier molecular flexibility index (Phi) is 6.07. The van der Waals surface area contributed by atoms with Gasteiger partial charge in [0, 0.05) is 18.3 Å². The summed E-state index contributed by atoms with van der Waals surface area (Å²) >= 11 is 1.29. The summed E-state index contributed by atoms with van der Waals surface area (Å²) in [5, 5.41) is 5.80. The molecule has 2 aromatic rings. The summed E-state index contributed by atoms with van der Waals surface area (Å²) in [7, 11) is 0. The van der Waals surface area contributed by atoms with E-state index in [1.807, 2.05) is 13.0 Å². The Morgan fingerprint density at radius 3 is 2.66 bits per heavy atom. The number of hydrogen-bond donors (Lipinski definition) is 2. The van der Waals surface area contributed by atoms with E-state index in [0.29, 0.717) is 16.5 Å². The minimum atomic E-state index is -0.999. The van der Waals surface area contributed by atoms with Gasteiger partial charge in [0.05, 0.1) is 5.56 Å². The minimum Gasteiger partial charge on any atom is -0.454 e. The molecule has 0 unspecified atom stereocenters. The summed E-state index contributed by atoms with van der Waals surface area (Å²) in [4.78, 5) is 37.3. The maximum Gasteiger partial charge on any atom is 0.342 e. The van der Waals surface area contributed by atoms with Gasteiger partial charge in [-0.1, -0.05) is 6.07 Å². The Hall–Kier alpha value is -3.07. The number of esters is 1. The molecule has 29 heavy (non-hydrogen) atoms.